The standard InChI is InChI=1S/C14H21NO/c1-2-9-14(10-3-1)16-12-6-11-15-13-7-4-5-8-13/h1-3,9-10,13,15H,4-8,11-12H2. The van der Waals surface area contributed by atoms with Crippen LogP contribution in [0.25, 0.3) is 0 Å². The van der Waals surface area contributed by atoms with Crippen molar-refractivity contribution in [3.63, 3.8) is 0 Å². The molecule has 16 heavy (non-hydrogen) atoms. The Morgan fingerprint density at radius 1 is 1.12 bits per heavy atom. The van der Waals surface area contributed by atoms with E-state index in [1.54, 1.807) is 0 Å². The van der Waals surface area contributed by atoms with Gasteiger partial charge >= 0.3 is 0 Å². The Labute approximate surface area is 98.0 Å². The number of rotatable bonds is 6. The molecule has 2 heteroatoms. The van der Waals surface area contributed by atoms with Crippen molar-refractivity contribution in [3.8, 4) is 5.75 Å². The normalized spacial score (nSPS) is 16.5. The fourth-order valence-corrected chi connectivity index (χ4v) is 2.22. The van der Waals surface area contributed by atoms with Crippen molar-refractivity contribution in [2.75, 3.05) is 13.2 Å². The Balaban J connectivity index is 1.52. The predicted octanol–water partition coefficient (Wildman–Crippen LogP) is 2.99. The molecular formula is C14H21NO. The van der Waals surface area contributed by atoms with Gasteiger partial charge in [0, 0.05) is 6.04 Å². The van der Waals surface area contributed by atoms with Crippen LogP contribution < -0.4 is 10.1 Å². The lowest BCUT2D eigenvalue weighted by Gasteiger charge is -2.11. The van der Waals surface area contributed by atoms with Gasteiger partial charge in [0.1, 0.15) is 5.75 Å². The third kappa shape index (κ3) is 3.86. The van der Waals surface area contributed by atoms with E-state index < -0.39 is 0 Å². The molecule has 1 aromatic rings. The highest BCUT2D eigenvalue weighted by Crippen LogP contribution is 2.17. The van der Waals surface area contributed by atoms with Gasteiger partial charge in [-0.1, -0.05) is 31.0 Å². The van der Waals surface area contributed by atoms with E-state index in [0.29, 0.717) is 0 Å². The van der Waals surface area contributed by atoms with Crippen LogP contribution >= 0.6 is 0 Å². The maximum absolute atomic E-state index is 5.63. The summed E-state index contributed by atoms with van der Waals surface area (Å²) in [4.78, 5) is 0. The molecule has 2 rings (SSSR count). The molecule has 1 aromatic carbocycles. The maximum atomic E-state index is 5.63. The first kappa shape index (κ1) is 11.5. The lowest BCUT2D eigenvalue weighted by atomic mass is 10.2. The summed E-state index contributed by atoms with van der Waals surface area (Å²) in [5.74, 6) is 0.975. The minimum absolute atomic E-state index is 0.775. The second-order valence-corrected chi connectivity index (χ2v) is 4.45. The Morgan fingerprint density at radius 2 is 1.88 bits per heavy atom. The van der Waals surface area contributed by atoms with Gasteiger partial charge in [-0.3, -0.25) is 0 Å². The van der Waals surface area contributed by atoms with Crippen molar-refractivity contribution >= 4 is 0 Å². The molecule has 0 saturated heterocycles. The average Bonchev–Trinajstić information content (AvgIpc) is 2.83. The van der Waals surface area contributed by atoms with E-state index in [4.69, 9.17) is 4.74 Å². The fourth-order valence-electron chi connectivity index (χ4n) is 2.22. The number of hydrogen-bond acceptors (Lipinski definition) is 2. The SMILES string of the molecule is c1ccc(OCCCNC2CCCC2)cc1. The summed E-state index contributed by atoms with van der Waals surface area (Å²) in [6.45, 7) is 1.89. The summed E-state index contributed by atoms with van der Waals surface area (Å²) in [5.41, 5.74) is 0. The van der Waals surface area contributed by atoms with Gasteiger partial charge in [-0.25, -0.2) is 0 Å². The van der Waals surface area contributed by atoms with Gasteiger partial charge in [-0.2, -0.15) is 0 Å². The van der Waals surface area contributed by atoms with E-state index in [1.165, 1.54) is 25.7 Å². The van der Waals surface area contributed by atoms with Crippen LogP contribution in [-0.4, -0.2) is 19.2 Å². The second kappa shape index (κ2) is 6.54. The van der Waals surface area contributed by atoms with Crippen LogP contribution in [0.5, 0.6) is 5.75 Å². The minimum Gasteiger partial charge on any atom is -0.494 e. The van der Waals surface area contributed by atoms with Crippen molar-refractivity contribution < 1.29 is 4.74 Å². The largest absolute Gasteiger partial charge is 0.494 e. The number of para-hydroxylation sites is 1. The molecule has 1 fully saturated rings. The van der Waals surface area contributed by atoms with E-state index in [-0.39, 0.29) is 0 Å². The number of nitrogens with one attached hydrogen (secondary N) is 1. The van der Waals surface area contributed by atoms with Gasteiger partial charge in [-0.05, 0) is 37.9 Å². The van der Waals surface area contributed by atoms with Crippen molar-refractivity contribution in [1.29, 1.82) is 0 Å². The summed E-state index contributed by atoms with van der Waals surface area (Å²) < 4.78 is 5.63. The molecule has 0 amide bonds. The van der Waals surface area contributed by atoms with E-state index in [9.17, 15) is 0 Å². The Bertz CT molecular complexity index is 280. The maximum Gasteiger partial charge on any atom is 0.119 e. The molecule has 0 aromatic heterocycles. The molecule has 0 radical (unpaired) electrons. The molecule has 1 aliphatic rings. The van der Waals surface area contributed by atoms with Crippen LogP contribution in [-0.2, 0) is 0 Å². The highest BCUT2D eigenvalue weighted by molar-refractivity contribution is 5.20. The van der Waals surface area contributed by atoms with Crippen molar-refractivity contribution in [3.05, 3.63) is 30.3 Å². The first-order chi connectivity index (χ1) is 7.95. The summed E-state index contributed by atoms with van der Waals surface area (Å²) >= 11 is 0. The highest BCUT2D eigenvalue weighted by Gasteiger charge is 2.12. The van der Waals surface area contributed by atoms with Gasteiger partial charge in [0.2, 0.25) is 0 Å². The van der Waals surface area contributed by atoms with E-state index >= 15 is 0 Å². The van der Waals surface area contributed by atoms with Gasteiger partial charge in [-0.15, -0.1) is 0 Å². The fraction of sp³-hybridized carbons (Fsp3) is 0.571. The van der Waals surface area contributed by atoms with Crippen LogP contribution in [0.2, 0.25) is 0 Å². The Hall–Kier alpha value is -1.02. The molecule has 2 nitrogen and oxygen atoms in total. The van der Waals surface area contributed by atoms with Crippen LogP contribution in [0.15, 0.2) is 30.3 Å². The molecule has 0 spiro atoms. The van der Waals surface area contributed by atoms with Crippen LogP contribution in [0.4, 0.5) is 0 Å². The molecule has 0 unspecified atom stereocenters. The van der Waals surface area contributed by atoms with Gasteiger partial charge < -0.3 is 10.1 Å². The lowest BCUT2D eigenvalue weighted by Crippen LogP contribution is -2.27. The lowest BCUT2D eigenvalue weighted by molar-refractivity contribution is 0.304. The van der Waals surface area contributed by atoms with Crippen molar-refractivity contribution in [2.24, 2.45) is 0 Å². The number of benzene rings is 1. The summed E-state index contributed by atoms with van der Waals surface area (Å²) in [6, 6.07) is 10.8. The third-order valence-electron chi connectivity index (χ3n) is 3.12. The van der Waals surface area contributed by atoms with Crippen molar-refractivity contribution in [1.82, 2.24) is 5.32 Å². The van der Waals surface area contributed by atoms with Gasteiger partial charge in [0.05, 0.1) is 6.61 Å². The first-order valence-electron chi connectivity index (χ1n) is 6.36. The monoisotopic (exact) mass is 219 g/mol. The van der Waals surface area contributed by atoms with Crippen molar-refractivity contribution in [2.45, 2.75) is 38.1 Å². The third-order valence-corrected chi connectivity index (χ3v) is 3.12. The quantitative estimate of drug-likeness (QED) is 0.743. The molecule has 1 saturated carbocycles. The topological polar surface area (TPSA) is 21.3 Å². The zero-order valence-corrected chi connectivity index (χ0v) is 9.82. The predicted molar refractivity (Wildman–Crippen MR) is 66.8 cm³/mol. The molecule has 0 aliphatic heterocycles. The van der Waals surface area contributed by atoms with Gasteiger partial charge in [0.25, 0.3) is 0 Å². The summed E-state index contributed by atoms with van der Waals surface area (Å²) in [7, 11) is 0. The molecule has 0 atom stereocenters. The van der Waals surface area contributed by atoms with E-state index in [2.05, 4.69) is 5.32 Å². The van der Waals surface area contributed by atoms with Crippen LogP contribution in [0, 0.1) is 0 Å². The minimum atomic E-state index is 0.775. The summed E-state index contributed by atoms with van der Waals surface area (Å²) in [6.07, 6.45) is 6.61. The van der Waals surface area contributed by atoms with Crippen LogP contribution in [0.1, 0.15) is 32.1 Å². The second-order valence-electron chi connectivity index (χ2n) is 4.45. The zero-order valence-electron chi connectivity index (χ0n) is 9.82. The molecule has 1 aliphatic carbocycles. The Kier molecular flexibility index (Phi) is 4.69. The first-order valence-corrected chi connectivity index (χ1v) is 6.36. The van der Waals surface area contributed by atoms with E-state index in [1.807, 2.05) is 30.3 Å². The van der Waals surface area contributed by atoms with Gasteiger partial charge in [0.15, 0.2) is 0 Å². The molecule has 0 heterocycles. The molecule has 88 valence electrons. The van der Waals surface area contributed by atoms with Crippen LogP contribution in [0.3, 0.4) is 0 Å². The zero-order chi connectivity index (χ0) is 11.1. The number of ether oxygens (including phenoxy) is 1. The Morgan fingerprint density at radius 3 is 2.62 bits per heavy atom. The smallest absolute Gasteiger partial charge is 0.119 e. The molecule has 1 N–H and O–H groups in total. The molecular weight excluding hydrogens is 198 g/mol. The molecule has 0 bridgehead atoms. The highest BCUT2D eigenvalue weighted by atomic mass is 16.5. The van der Waals surface area contributed by atoms with E-state index in [0.717, 1.165) is 31.4 Å². The average molecular weight is 219 g/mol. The number of hydrogen-bond donors (Lipinski definition) is 1. The summed E-state index contributed by atoms with van der Waals surface area (Å²) in [5, 5.41) is 3.59.